The van der Waals surface area contributed by atoms with Crippen molar-refractivity contribution in [3.63, 3.8) is 0 Å². The molecule has 1 aromatic heterocycles. The predicted octanol–water partition coefficient (Wildman–Crippen LogP) is 1.01. The zero-order valence-electron chi connectivity index (χ0n) is 6.25. The van der Waals surface area contributed by atoms with Gasteiger partial charge in [-0.2, -0.15) is 0 Å². The number of halogens is 2. The number of hydrogen-bond donors (Lipinski definition) is 2. The van der Waals surface area contributed by atoms with E-state index in [9.17, 15) is 18.4 Å². The van der Waals surface area contributed by atoms with E-state index in [0.717, 1.165) is 6.20 Å². The number of carbonyl (C=O) groups is 1. The van der Waals surface area contributed by atoms with Crippen LogP contribution < -0.4 is 5.43 Å². The smallest absolute Gasteiger partial charge is 0.341 e. The lowest BCUT2D eigenvalue weighted by Crippen LogP contribution is -2.15. The Morgan fingerprint density at radius 1 is 1.54 bits per heavy atom. The van der Waals surface area contributed by atoms with Crippen molar-refractivity contribution in [2.75, 3.05) is 0 Å². The molecule has 2 N–H and O–H groups in total. The average Bonchev–Trinajstić information content (AvgIpc) is 2.03. The second kappa shape index (κ2) is 3.34. The molecule has 0 atom stereocenters. The van der Waals surface area contributed by atoms with Gasteiger partial charge in [0.05, 0.1) is 5.69 Å². The Morgan fingerprint density at radius 2 is 2.15 bits per heavy atom. The average molecular weight is 189 g/mol. The Hall–Kier alpha value is -1.72. The lowest BCUT2D eigenvalue weighted by Gasteiger charge is -1.99. The molecule has 0 spiro atoms. The molecule has 0 saturated carbocycles. The van der Waals surface area contributed by atoms with Gasteiger partial charge in [-0.3, -0.25) is 4.79 Å². The fraction of sp³-hybridized carbons (Fsp3) is 0.143. The molecule has 0 aromatic carbocycles. The molecule has 6 heteroatoms. The predicted molar refractivity (Wildman–Crippen MR) is 39.0 cm³/mol. The molecule has 70 valence electrons. The van der Waals surface area contributed by atoms with E-state index < -0.39 is 29.1 Å². The molecule has 1 rings (SSSR count). The summed E-state index contributed by atoms with van der Waals surface area (Å²) in [4.78, 5) is 23.2. The molecule has 0 radical (unpaired) electrons. The van der Waals surface area contributed by atoms with E-state index in [1.807, 2.05) is 4.98 Å². The Kier molecular flexibility index (Phi) is 2.41. The van der Waals surface area contributed by atoms with Crippen LogP contribution >= 0.6 is 0 Å². The molecule has 0 unspecified atom stereocenters. The van der Waals surface area contributed by atoms with E-state index in [4.69, 9.17) is 5.11 Å². The molecule has 0 saturated heterocycles. The van der Waals surface area contributed by atoms with Crippen LogP contribution in [0.1, 0.15) is 22.5 Å². The number of rotatable bonds is 2. The number of pyridine rings is 1. The highest BCUT2D eigenvalue weighted by molar-refractivity contribution is 5.86. The molecule has 1 heterocycles. The first-order valence-corrected chi connectivity index (χ1v) is 3.26. The first kappa shape index (κ1) is 9.37. The molecule has 0 aliphatic heterocycles. The highest BCUT2D eigenvalue weighted by Gasteiger charge is 2.12. The van der Waals surface area contributed by atoms with Crippen molar-refractivity contribution in [1.29, 1.82) is 0 Å². The molecular weight excluding hydrogens is 184 g/mol. The minimum absolute atomic E-state index is 0.551. The van der Waals surface area contributed by atoms with E-state index in [1.54, 1.807) is 0 Å². The summed E-state index contributed by atoms with van der Waals surface area (Å²) in [6.07, 6.45) is -2.05. The van der Waals surface area contributed by atoms with Gasteiger partial charge in [-0.05, 0) is 0 Å². The molecule has 1 aromatic rings. The van der Waals surface area contributed by atoms with Crippen molar-refractivity contribution in [1.82, 2.24) is 4.98 Å². The SMILES string of the molecule is O=C(O)c1c[nH]c(C(F)F)cc1=O. The van der Waals surface area contributed by atoms with Crippen LogP contribution in [0.25, 0.3) is 0 Å². The first-order chi connectivity index (χ1) is 6.02. The van der Waals surface area contributed by atoms with Crippen molar-refractivity contribution in [3.8, 4) is 0 Å². The maximum Gasteiger partial charge on any atom is 0.341 e. The van der Waals surface area contributed by atoms with Crippen LogP contribution in [0.4, 0.5) is 8.78 Å². The third kappa shape index (κ3) is 1.90. The maximum absolute atomic E-state index is 12.0. The van der Waals surface area contributed by atoms with Gasteiger partial charge in [-0.15, -0.1) is 0 Å². The standard InChI is InChI=1S/C7H5F2NO3/c8-6(9)4-1-5(11)3(2-10-4)7(12)13/h1-2,6H,(H,10,11)(H,12,13). The highest BCUT2D eigenvalue weighted by atomic mass is 19.3. The van der Waals surface area contributed by atoms with E-state index >= 15 is 0 Å². The number of alkyl halides is 2. The summed E-state index contributed by atoms with van der Waals surface area (Å²) in [5, 5.41) is 8.39. The number of hydrogen-bond acceptors (Lipinski definition) is 2. The van der Waals surface area contributed by atoms with Gasteiger partial charge in [-0.25, -0.2) is 13.6 Å². The summed E-state index contributed by atoms with van der Waals surface area (Å²) < 4.78 is 23.9. The number of nitrogens with one attached hydrogen (secondary N) is 1. The van der Waals surface area contributed by atoms with Gasteiger partial charge in [0.25, 0.3) is 6.43 Å². The van der Waals surface area contributed by atoms with E-state index in [2.05, 4.69) is 0 Å². The molecule has 4 nitrogen and oxygen atoms in total. The van der Waals surface area contributed by atoms with Gasteiger partial charge < -0.3 is 10.1 Å². The summed E-state index contributed by atoms with van der Waals surface area (Å²) in [6.45, 7) is 0. The van der Waals surface area contributed by atoms with Gasteiger partial charge in [-0.1, -0.05) is 0 Å². The molecule has 0 fully saturated rings. The van der Waals surface area contributed by atoms with Gasteiger partial charge in [0.1, 0.15) is 5.56 Å². The van der Waals surface area contributed by atoms with Gasteiger partial charge in [0, 0.05) is 12.3 Å². The van der Waals surface area contributed by atoms with Crippen molar-refractivity contribution >= 4 is 5.97 Å². The molecular formula is C7H5F2NO3. The van der Waals surface area contributed by atoms with E-state index in [-0.39, 0.29) is 0 Å². The quantitative estimate of drug-likeness (QED) is 0.729. The van der Waals surface area contributed by atoms with Crippen molar-refractivity contribution in [3.05, 3.63) is 33.7 Å². The number of aromatic nitrogens is 1. The first-order valence-electron chi connectivity index (χ1n) is 3.26. The van der Waals surface area contributed by atoms with Crippen molar-refractivity contribution in [2.24, 2.45) is 0 Å². The lowest BCUT2D eigenvalue weighted by atomic mass is 10.2. The largest absolute Gasteiger partial charge is 0.477 e. The zero-order valence-corrected chi connectivity index (χ0v) is 6.25. The number of aromatic carboxylic acids is 1. The molecule has 0 bridgehead atoms. The normalized spacial score (nSPS) is 10.4. The van der Waals surface area contributed by atoms with Gasteiger partial charge in [0.15, 0.2) is 5.43 Å². The number of carboxylic acids is 1. The van der Waals surface area contributed by atoms with Crippen LogP contribution in [0.15, 0.2) is 17.1 Å². The van der Waals surface area contributed by atoms with Crippen LogP contribution in [0, 0.1) is 0 Å². The Labute approximate surface area is 70.8 Å². The second-order valence-corrected chi connectivity index (χ2v) is 2.27. The van der Waals surface area contributed by atoms with Crippen LogP contribution in [-0.2, 0) is 0 Å². The van der Waals surface area contributed by atoms with Crippen LogP contribution in [-0.4, -0.2) is 16.1 Å². The number of carboxylic acid groups (broad SMARTS) is 1. The third-order valence-electron chi connectivity index (χ3n) is 1.40. The summed E-state index contributed by atoms with van der Waals surface area (Å²) >= 11 is 0. The van der Waals surface area contributed by atoms with Crippen LogP contribution in [0.5, 0.6) is 0 Å². The second-order valence-electron chi connectivity index (χ2n) is 2.27. The van der Waals surface area contributed by atoms with Crippen molar-refractivity contribution in [2.45, 2.75) is 6.43 Å². The van der Waals surface area contributed by atoms with Crippen molar-refractivity contribution < 1.29 is 18.7 Å². The summed E-state index contributed by atoms with van der Waals surface area (Å²) in [6, 6.07) is 0.577. The molecule has 0 aliphatic rings. The van der Waals surface area contributed by atoms with Crippen LogP contribution in [0.3, 0.4) is 0 Å². The summed E-state index contributed by atoms with van der Waals surface area (Å²) in [7, 11) is 0. The minimum Gasteiger partial charge on any atom is -0.477 e. The summed E-state index contributed by atoms with van der Waals surface area (Å²) in [5.74, 6) is -1.44. The number of aromatic amines is 1. The van der Waals surface area contributed by atoms with Gasteiger partial charge >= 0.3 is 5.97 Å². The Balaban J connectivity index is 3.21. The van der Waals surface area contributed by atoms with E-state index in [1.165, 1.54) is 0 Å². The van der Waals surface area contributed by atoms with E-state index in [0.29, 0.717) is 6.07 Å². The Morgan fingerprint density at radius 3 is 2.54 bits per heavy atom. The number of H-pyrrole nitrogens is 1. The molecule has 13 heavy (non-hydrogen) atoms. The maximum atomic E-state index is 12.0. The van der Waals surface area contributed by atoms with Crippen LogP contribution in [0.2, 0.25) is 0 Å². The molecule has 0 amide bonds. The van der Waals surface area contributed by atoms with Gasteiger partial charge in [0.2, 0.25) is 0 Å². The molecule has 0 aliphatic carbocycles. The zero-order chi connectivity index (χ0) is 10.0. The highest BCUT2D eigenvalue weighted by Crippen LogP contribution is 2.13. The third-order valence-corrected chi connectivity index (χ3v) is 1.40. The fourth-order valence-electron chi connectivity index (χ4n) is 0.780. The summed E-state index contributed by atoms with van der Waals surface area (Å²) in [5.41, 5.74) is -2.07. The minimum atomic E-state index is -2.81. The Bertz CT molecular complexity index is 386. The fourth-order valence-corrected chi connectivity index (χ4v) is 0.780. The lowest BCUT2D eigenvalue weighted by molar-refractivity contribution is 0.0694. The topological polar surface area (TPSA) is 70.2 Å². The monoisotopic (exact) mass is 189 g/mol.